The summed E-state index contributed by atoms with van der Waals surface area (Å²) < 4.78 is 13.4. The number of pyridine rings is 1. The summed E-state index contributed by atoms with van der Waals surface area (Å²) in [6, 6.07) is 9.25. The van der Waals surface area contributed by atoms with Gasteiger partial charge in [-0.2, -0.15) is 0 Å². The average molecular weight is 271 g/mol. The van der Waals surface area contributed by atoms with Crippen molar-refractivity contribution in [3.8, 4) is 0 Å². The first-order chi connectivity index (χ1) is 9.63. The van der Waals surface area contributed by atoms with Crippen molar-refractivity contribution < 1.29 is 14.3 Å². The largest absolute Gasteiger partial charge is 0.478 e. The maximum Gasteiger partial charge on any atom is 0.336 e. The Morgan fingerprint density at radius 3 is 2.45 bits per heavy atom. The van der Waals surface area contributed by atoms with Gasteiger partial charge in [0.05, 0.1) is 5.57 Å². The molecule has 2 aromatic rings. The fourth-order valence-corrected chi connectivity index (χ4v) is 2.15. The van der Waals surface area contributed by atoms with Crippen LogP contribution in [0.2, 0.25) is 0 Å². The molecule has 102 valence electrons. The van der Waals surface area contributed by atoms with E-state index >= 15 is 0 Å². The number of allylic oxidation sites excluding steroid dienone is 1. The number of hydrogen-bond acceptors (Lipinski definition) is 2. The summed E-state index contributed by atoms with van der Waals surface area (Å²) in [5.41, 5.74) is 1.93. The van der Waals surface area contributed by atoms with Crippen molar-refractivity contribution in [1.29, 1.82) is 0 Å². The third-order valence-electron chi connectivity index (χ3n) is 3.01. The highest BCUT2D eigenvalue weighted by Crippen LogP contribution is 2.29. The summed E-state index contributed by atoms with van der Waals surface area (Å²) in [4.78, 5) is 15.5. The van der Waals surface area contributed by atoms with E-state index in [1.165, 1.54) is 24.5 Å². The summed E-state index contributed by atoms with van der Waals surface area (Å²) in [5.74, 6) is -1.41. The Hall–Kier alpha value is -2.49. The summed E-state index contributed by atoms with van der Waals surface area (Å²) in [5, 5.41) is 9.49. The first kappa shape index (κ1) is 13.9. The van der Waals surface area contributed by atoms with Gasteiger partial charge in [0, 0.05) is 12.4 Å². The van der Waals surface area contributed by atoms with E-state index in [0.717, 1.165) is 0 Å². The van der Waals surface area contributed by atoms with Gasteiger partial charge in [-0.05, 0) is 47.4 Å². The van der Waals surface area contributed by atoms with Gasteiger partial charge >= 0.3 is 5.97 Å². The number of aliphatic carboxylic acids is 1. The van der Waals surface area contributed by atoms with E-state index in [9.17, 15) is 14.3 Å². The van der Waals surface area contributed by atoms with E-state index in [1.54, 1.807) is 24.3 Å². The quantitative estimate of drug-likeness (QED) is 0.864. The van der Waals surface area contributed by atoms with E-state index in [0.29, 0.717) is 23.1 Å². The van der Waals surface area contributed by atoms with Gasteiger partial charge in [-0.25, -0.2) is 9.18 Å². The van der Waals surface area contributed by atoms with Crippen LogP contribution in [0.4, 0.5) is 4.39 Å². The van der Waals surface area contributed by atoms with Crippen LogP contribution in [0.15, 0.2) is 48.8 Å². The maximum atomic E-state index is 13.4. The molecule has 0 aliphatic heterocycles. The number of halogens is 1. The van der Waals surface area contributed by atoms with Crippen LogP contribution in [0.1, 0.15) is 24.5 Å². The van der Waals surface area contributed by atoms with Crippen molar-refractivity contribution >= 4 is 17.1 Å². The van der Waals surface area contributed by atoms with Crippen molar-refractivity contribution in [3.63, 3.8) is 0 Å². The molecule has 1 N–H and O–H groups in total. The number of nitrogens with zero attached hydrogens (tertiary/aromatic N) is 1. The zero-order valence-corrected chi connectivity index (χ0v) is 11.0. The number of carboxylic acids is 1. The summed E-state index contributed by atoms with van der Waals surface area (Å²) in [6.07, 6.45) is 3.57. The molecule has 20 heavy (non-hydrogen) atoms. The second-order valence-corrected chi connectivity index (χ2v) is 4.26. The van der Waals surface area contributed by atoms with Crippen molar-refractivity contribution in [3.05, 3.63) is 65.7 Å². The lowest BCUT2D eigenvalue weighted by Gasteiger charge is -2.11. The van der Waals surface area contributed by atoms with Gasteiger partial charge in [0.2, 0.25) is 0 Å². The molecule has 4 heteroatoms. The minimum Gasteiger partial charge on any atom is -0.478 e. The fourth-order valence-electron chi connectivity index (χ4n) is 2.15. The van der Waals surface area contributed by atoms with Gasteiger partial charge in [0.15, 0.2) is 0 Å². The Balaban J connectivity index is 2.66. The molecule has 0 fully saturated rings. The number of benzene rings is 1. The predicted molar refractivity (Wildman–Crippen MR) is 75.4 cm³/mol. The standard InChI is InChI=1S/C16H14FNO2/c1-2-14(12-4-3-5-13(17)10-12)15(16(19)20)11-6-8-18-9-7-11/h3-10H,2H2,1H3,(H,19,20)/b15-14+. The second-order valence-electron chi connectivity index (χ2n) is 4.26. The van der Waals surface area contributed by atoms with Gasteiger partial charge in [0.25, 0.3) is 0 Å². The van der Waals surface area contributed by atoms with Crippen molar-refractivity contribution in [2.45, 2.75) is 13.3 Å². The molecule has 0 saturated carbocycles. The first-order valence-corrected chi connectivity index (χ1v) is 6.26. The molecule has 0 amide bonds. The van der Waals surface area contributed by atoms with Gasteiger partial charge in [-0.1, -0.05) is 19.1 Å². The molecule has 0 atom stereocenters. The smallest absolute Gasteiger partial charge is 0.336 e. The molecule has 0 aliphatic rings. The molecule has 2 rings (SSSR count). The van der Waals surface area contributed by atoms with Crippen LogP contribution in [-0.2, 0) is 4.79 Å². The topological polar surface area (TPSA) is 50.2 Å². The lowest BCUT2D eigenvalue weighted by atomic mass is 9.93. The van der Waals surface area contributed by atoms with Gasteiger partial charge in [-0.15, -0.1) is 0 Å². The minimum absolute atomic E-state index is 0.181. The Kier molecular flexibility index (Phi) is 4.25. The van der Waals surface area contributed by atoms with Crippen LogP contribution in [0.3, 0.4) is 0 Å². The molecule has 1 heterocycles. The maximum absolute atomic E-state index is 13.4. The molecular weight excluding hydrogens is 257 g/mol. The highest BCUT2D eigenvalue weighted by molar-refractivity contribution is 6.23. The summed E-state index contributed by atoms with van der Waals surface area (Å²) in [7, 11) is 0. The fraction of sp³-hybridized carbons (Fsp3) is 0.125. The normalized spacial score (nSPS) is 11.9. The molecule has 3 nitrogen and oxygen atoms in total. The molecule has 0 aliphatic carbocycles. The number of rotatable bonds is 4. The van der Waals surface area contributed by atoms with Gasteiger partial charge in [0.1, 0.15) is 5.82 Å². The van der Waals surface area contributed by atoms with Crippen LogP contribution in [0.25, 0.3) is 11.1 Å². The highest BCUT2D eigenvalue weighted by Gasteiger charge is 2.17. The van der Waals surface area contributed by atoms with Crippen LogP contribution in [0.5, 0.6) is 0 Å². The number of aromatic nitrogens is 1. The monoisotopic (exact) mass is 271 g/mol. The highest BCUT2D eigenvalue weighted by atomic mass is 19.1. The van der Waals surface area contributed by atoms with Crippen molar-refractivity contribution in [2.24, 2.45) is 0 Å². The third-order valence-corrected chi connectivity index (χ3v) is 3.01. The Morgan fingerprint density at radius 2 is 1.90 bits per heavy atom. The molecule has 0 bridgehead atoms. The van der Waals surface area contributed by atoms with Gasteiger partial charge in [-0.3, -0.25) is 4.98 Å². The number of carboxylic acid groups (broad SMARTS) is 1. The Bertz CT molecular complexity index is 651. The van der Waals surface area contributed by atoms with Crippen LogP contribution in [-0.4, -0.2) is 16.1 Å². The first-order valence-electron chi connectivity index (χ1n) is 6.26. The van der Waals surface area contributed by atoms with Crippen molar-refractivity contribution in [2.75, 3.05) is 0 Å². The number of carbonyl (C=O) groups is 1. The Morgan fingerprint density at radius 1 is 1.20 bits per heavy atom. The molecular formula is C16H14FNO2. The SMILES string of the molecule is CC/C(=C(\C(=O)O)c1ccncc1)c1cccc(F)c1. The van der Waals surface area contributed by atoms with E-state index in [4.69, 9.17) is 0 Å². The molecule has 0 unspecified atom stereocenters. The van der Waals surface area contributed by atoms with Crippen LogP contribution >= 0.6 is 0 Å². The second kappa shape index (κ2) is 6.10. The minimum atomic E-state index is -1.03. The van der Waals surface area contributed by atoms with Crippen LogP contribution in [0, 0.1) is 5.82 Å². The van der Waals surface area contributed by atoms with E-state index < -0.39 is 5.97 Å². The third kappa shape index (κ3) is 2.91. The lowest BCUT2D eigenvalue weighted by Crippen LogP contribution is -2.04. The Labute approximate surface area is 116 Å². The zero-order chi connectivity index (χ0) is 14.5. The van der Waals surface area contributed by atoms with Crippen molar-refractivity contribution in [1.82, 2.24) is 4.98 Å². The van der Waals surface area contributed by atoms with E-state index in [-0.39, 0.29) is 11.4 Å². The molecule has 1 aromatic heterocycles. The van der Waals surface area contributed by atoms with Gasteiger partial charge < -0.3 is 5.11 Å². The summed E-state index contributed by atoms with van der Waals surface area (Å²) >= 11 is 0. The summed E-state index contributed by atoms with van der Waals surface area (Å²) in [6.45, 7) is 1.85. The molecule has 0 saturated heterocycles. The zero-order valence-electron chi connectivity index (χ0n) is 11.0. The molecule has 1 aromatic carbocycles. The number of hydrogen-bond donors (Lipinski definition) is 1. The lowest BCUT2D eigenvalue weighted by molar-refractivity contribution is -0.130. The van der Waals surface area contributed by atoms with Crippen LogP contribution < -0.4 is 0 Å². The van der Waals surface area contributed by atoms with E-state index in [1.807, 2.05) is 6.92 Å². The molecule has 0 spiro atoms. The average Bonchev–Trinajstić information content (AvgIpc) is 2.45. The predicted octanol–water partition coefficient (Wildman–Crippen LogP) is 3.63. The van der Waals surface area contributed by atoms with E-state index in [2.05, 4.69) is 4.98 Å². The molecule has 0 radical (unpaired) electrons.